The SMILES string of the molecule is c1ccc(B2c3ccccc3Sc3c2ccc2c3-c3cc(-n4c5ccccc5c5cc6c(cc54)sc4ccccc46)ccc3C23c2ccc(-n4c5ccccc5c5cc6sc7ccccc7c6cc54)cc2-c2c3ccc3c2Sc2ccccc2B3c2ccccc2)cc1. The summed E-state index contributed by atoms with van der Waals surface area (Å²) < 4.78 is 10.4. The van der Waals surface area contributed by atoms with E-state index in [0.29, 0.717) is 0 Å². The molecule has 0 N–H and O–H groups in total. The zero-order chi connectivity index (χ0) is 60.4. The molecule has 428 valence electrons. The third-order valence-corrected chi connectivity index (χ3v) is 25.9. The lowest BCUT2D eigenvalue weighted by Gasteiger charge is -2.33. The Morgan fingerprint density at radius 3 is 1.23 bits per heavy atom. The van der Waals surface area contributed by atoms with Crippen molar-refractivity contribution in [2.24, 2.45) is 0 Å². The standard InChI is InChI=1S/C85H48B2N2S4/c1-3-19-49(20-4-1)86-67-27-11-17-33-77(67)92-83-69(86)41-39-65-81(83)61-43-51(88-72-30-14-8-24-54(72)58-47-79-60(46-73(58)88)56-26-10-16-32-76(56)90-79)35-37-63(61)85(65)64-38-36-52(89-71-29-13-7-23-53(71)57-45-59-55-25-9-15-31-75(55)91-80(59)48-74(57)89)44-62(64)82-66(85)40-42-70-84(82)93-78-34-18-12-28-68(78)87(70)50-21-5-2-6-22-50/h1-48H. The van der Waals surface area contributed by atoms with E-state index in [-0.39, 0.29) is 13.4 Å². The molecule has 2 aliphatic heterocycles. The van der Waals surface area contributed by atoms with Gasteiger partial charge in [-0.25, -0.2) is 0 Å². The van der Waals surface area contributed by atoms with Gasteiger partial charge in [-0.2, -0.15) is 0 Å². The molecule has 18 aromatic rings. The Hall–Kier alpha value is -10.1. The zero-order valence-electron chi connectivity index (χ0n) is 49.9. The van der Waals surface area contributed by atoms with Crippen molar-refractivity contribution >= 4 is 176 Å². The molecule has 8 heteroatoms. The Balaban J connectivity index is 0.861. The number of hydrogen-bond acceptors (Lipinski definition) is 4. The smallest absolute Gasteiger partial charge is 0.244 e. The van der Waals surface area contributed by atoms with Crippen molar-refractivity contribution in [2.45, 2.75) is 25.0 Å². The lowest BCUT2D eigenvalue weighted by atomic mass is 9.36. The second-order valence-electron chi connectivity index (χ2n) is 25.6. The van der Waals surface area contributed by atoms with Crippen molar-refractivity contribution in [3.8, 4) is 33.6 Å². The van der Waals surface area contributed by atoms with Crippen LogP contribution in [0.3, 0.4) is 0 Å². The first-order valence-electron chi connectivity index (χ1n) is 32.1. The van der Waals surface area contributed by atoms with Crippen molar-refractivity contribution in [3.63, 3.8) is 0 Å². The van der Waals surface area contributed by atoms with Crippen LogP contribution in [0.1, 0.15) is 22.3 Å². The van der Waals surface area contributed by atoms with E-state index in [2.05, 4.69) is 300 Å². The lowest BCUT2D eigenvalue weighted by molar-refractivity contribution is 0.791. The molecule has 0 saturated heterocycles. The number of aromatic nitrogens is 2. The van der Waals surface area contributed by atoms with Gasteiger partial charge >= 0.3 is 0 Å². The van der Waals surface area contributed by atoms with Crippen LogP contribution in [-0.4, -0.2) is 22.6 Å². The maximum absolute atomic E-state index is 2.59. The van der Waals surface area contributed by atoms with Gasteiger partial charge in [0.2, 0.25) is 13.4 Å². The number of fused-ring (bicyclic) bond motifs is 28. The van der Waals surface area contributed by atoms with Crippen molar-refractivity contribution in [1.82, 2.24) is 9.13 Å². The van der Waals surface area contributed by atoms with Gasteiger partial charge in [0.25, 0.3) is 0 Å². The minimum atomic E-state index is -0.692. The molecule has 0 saturated carbocycles. The first kappa shape index (κ1) is 51.6. The highest BCUT2D eigenvalue weighted by Crippen LogP contribution is 2.66. The summed E-state index contributed by atoms with van der Waals surface area (Å²) in [6.07, 6.45) is 0. The van der Waals surface area contributed by atoms with Crippen molar-refractivity contribution in [3.05, 3.63) is 313 Å². The van der Waals surface area contributed by atoms with Gasteiger partial charge in [-0.05, 0) is 118 Å². The van der Waals surface area contributed by atoms with Crippen LogP contribution in [-0.2, 0) is 5.41 Å². The Morgan fingerprint density at radius 2 is 0.688 bits per heavy atom. The summed E-state index contributed by atoms with van der Waals surface area (Å²) in [5.41, 5.74) is 25.2. The molecule has 22 rings (SSSR count). The molecule has 0 amide bonds. The van der Waals surface area contributed by atoms with Crippen LogP contribution in [0.5, 0.6) is 0 Å². The molecule has 1 unspecified atom stereocenters. The van der Waals surface area contributed by atoms with Crippen molar-refractivity contribution < 1.29 is 0 Å². The van der Waals surface area contributed by atoms with Crippen LogP contribution >= 0.6 is 46.2 Å². The number of hydrogen-bond donors (Lipinski definition) is 0. The first-order valence-corrected chi connectivity index (χ1v) is 35.4. The third-order valence-electron chi connectivity index (χ3n) is 21.2. The zero-order valence-corrected chi connectivity index (χ0v) is 53.2. The topological polar surface area (TPSA) is 9.86 Å². The summed E-state index contributed by atoms with van der Waals surface area (Å²) in [5, 5.41) is 10.3. The predicted octanol–water partition coefficient (Wildman–Crippen LogP) is 18.9. The molecule has 6 heterocycles. The van der Waals surface area contributed by atoms with E-state index in [1.807, 2.05) is 46.2 Å². The van der Waals surface area contributed by atoms with Crippen LogP contribution in [0.4, 0.5) is 0 Å². The summed E-state index contributed by atoms with van der Waals surface area (Å²) >= 11 is 7.74. The van der Waals surface area contributed by atoms with Crippen molar-refractivity contribution in [2.75, 3.05) is 0 Å². The van der Waals surface area contributed by atoms with Gasteiger partial charge in [0, 0.05) is 104 Å². The van der Waals surface area contributed by atoms with Gasteiger partial charge < -0.3 is 9.13 Å². The van der Waals surface area contributed by atoms with Gasteiger partial charge in [0.15, 0.2) is 0 Å². The molecule has 1 atom stereocenters. The van der Waals surface area contributed by atoms with E-state index in [4.69, 9.17) is 0 Å². The molecule has 2 nitrogen and oxygen atoms in total. The minimum Gasteiger partial charge on any atom is -0.309 e. The highest BCUT2D eigenvalue weighted by molar-refractivity contribution is 8.00. The van der Waals surface area contributed by atoms with Gasteiger partial charge in [-0.3, -0.25) is 0 Å². The van der Waals surface area contributed by atoms with Gasteiger partial charge in [-0.1, -0.05) is 263 Å². The predicted molar refractivity (Wildman–Crippen MR) is 401 cm³/mol. The second-order valence-corrected chi connectivity index (χ2v) is 29.9. The molecule has 0 fully saturated rings. The Labute approximate surface area is 553 Å². The molecular weight excluding hydrogens is 1200 g/mol. The van der Waals surface area contributed by atoms with E-state index >= 15 is 0 Å². The van der Waals surface area contributed by atoms with E-state index < -0.39 is 5.41 Å². The fourth-order valence-corrected chi connectivity index (χ4v) is 22.3. The molecule has 4 aromatic heterocycles. The van der Waals surface area contributed by atoms with E-state index in [1.54, 1.807) is 0 Å². The molecule has 0 bridgehead atoms. The number of rotatable bonds is 4. The highest BCUT2D eigenvalue weighted by atomic mass is 32.2. The maximum Gasteiger partial charge on any atom is 0.244 e. The summed E-state index contributed by atoms with van der Waals surface area (Å²) in [6, 6.07) is 112. The minimum absolute atomic E-state index is 0.0523. The van der Waals surface area contributed by atoms with Gasteiger partial charge in [0.05, 0.1) is 27.5 Å². The summed E-state index contributed by atoms with van der Waals surface area (Å²) in [6.45, 7) is 0.105. The average molecular weight is 1250 g/mol. The van der Waals surface area contributed by atoms with E-state index in [0.717, 1.165) is 11.4 Å². The number of thiophene rings is 2. The third kappa shape index (κ3) is 6.88. The largest absolute Gasteiger partial charge is 0.309 e. The molecule has 93 heavy (non-hydrogen) atoms. The molecular formula is C85H48B2N2S4. The molecule has 1 spiro atoms. The normalized spacial score (nSPS) is 15.0. The summed E-state index contributed by atoms with van der Waals surface area (Å²) in [5.74, 6) is 0. The Bertz CT molecular complexity index is 6350. The Morgan fingerprint density at radius 1 is 0.269 bits per heavy atom. The molecule has 2 aliphatic carbocycles. The maximum atomic E-state index is 2.59. The van der Waals surface area contributed by atoms with Gasteiger partial charge in [-0.15, -0.1) is 22.7 Å². The lowest BCUT2D eigenvalue weighted by Crippen LogP contribution is -2.55. The fourth-order valence-electron chi connectivity index (χ4n) is 17.4. The van der Waals surface area contributed by atoms with Crippen LogP contribution in [0, 0.1) is 0 Å². The van der Waals surface area contributed by atoms with Crippen molar-refractivity contribution in [1.29, 1.82) is 0 Å². The molecule has 0 radical (unpaired) electrons. The Kier molecular flexibility index (Phi) is 10.6. The number of nitrogens with zero attached hydrogens (tertiary/aromatic N) is 2. The summed E-state index contributed by atoms with van der Waals surface area (Å²) in [7, 11) is 0. The van der Waals surface area contributed by atoms with Crippen LogP contribution < -0.4 is 32.8 Å². The highest BCUT2D eigenvalue weighted by Gasteiger charge is 2.55. The monoisotopic (exact) mass is 1250 g/mol. The number of benzene rings is 14. The van der Waals surface area contributed by atoms with Gasteiger partial charge in [0.1, 0.15) is 0 Å². The van der Waals surface area contributed by atoms with Crippen LogP contribution in [0.2, 0.25) is 0 Å². The number of para-hydroxylation sites is 2. The van der Waals surface area contributed by atoms with Crippen LogP contribution in [0.25, 0.3) is 118 Å². The summed E-state index contributed by atoms with van der Waals surface area (Å²) in [4.78, 5) is 5.32. The fraction of sp³-hybridized carbons (Fsp3) is 0.0118. The first-order chi connectivity index (χ1) is 46.1. The van der Waals surface area contributed by atoms with E-state index in [9.17, 15) is 0 Å². The quantitative estimate of drug-likeness (QED) is 0.163. The molecule has 4 aliphatic rings. The van der Waals surface area contributed by atoms with Crippen LogP contribution in [0.15, 0.2) is 311 Å². The van der Waals surface area contributed by atoms with E-state index in [1.165, 1.54) is 181 Å². The molecule has 14 aromatic carbocycles. The average Bonchev–Trinajstić information content (AvgIpc) is 1.50. The second kappa shape index (κ2) is 19.0.